The Kier molecular flexibility index (Phi) is 14.9. The molecule has 8 heteroatoms. The van der Waals surface area contributed by atoms with Crippen molar-refractivity contribution in [2.75, 3.05) is 52.4 Å². The van der Waals surface area contributed by atoms with Crippen LogP contribution in [0.1, 0.15) is 52.4 Å². The molecule has 0 aliphatic carbocycles. The molecular weight excluding hydrogens is 414 g/mol. The van der Waals surface area contributed by atoms with Gasteiger partial charge in [0.25, 0.3) is 0 Å². The minimum Gasteiger partial charge on any atom is -0.313 e. The zero-order valence-corrected chi connectivity index (χ0v) is 19.7. The second kappa shape index (κ2) is 13.3. The van der Waals surface area contributed by atoms with Crippen LogP contribution in [-0.4, -0.2) is 73.2 Å². The Morgan fingerprint density at radius 1 is 0.577 bits per heavy atom. The van der Waals surface area contributed by atoms with E-state index in [1.54, 1.807) is 0 Å². The van der Waals surface area contributed by atoms with E-state index in [0.29, 0.717) is 11.1 Å². The number of nitrogens with one attached hydrogen (secondary N) is 2. The first kappa shape index (κ1) is 29.2. The average Bonchev–Trinajstić information content (AvgIpc) is 3.11. The highest BCUT2D eigenvalue weighted by Gasteiger charge is 2.42. The molecule has 2 N–H and O–H groups in total. The molecule has 0 bridgehead atoms. The predicted octanol–water partition coefficient (Wildman–Crippen LogP) is 3.36. The van der Waals surface area contributed by atoms with Gasteiger partial charge in [-0.1, -0.05) is 13.8 Å². The van der Waals surface area contributed by atoms with Crippen LogP contribution < -0.4 is 10.6 Å². The van der Waals surface area contributed by atoms with Crippen LogP contribution in [0.5, 0.6) is 0 Å². The third kappa shape index (κ3) is 6.00. The molecule has 0 unspecified atom stereocenters. The molecule has 4 aliphatic rings. The smallest absolute Gasteiger partial charge is 0.0455 e. The second-order valence-corrected chi connectivity index (χ2v) is 7.75. The predicted molar refractivity (Wildman–Crippen MR) is 122 cm³/mol. The van der Waals surface area contributed by atoms with E-state index in [0.717, 1.165) is 0 Å². The lowest BCUT2D eigenvalue weighted by Crippen LogP contribution is -2.67. The van der Waals surface area contributed by atoms with Crippen molar-refractivity contribution in [3.8, 4) is 0 Å². The van der Waals surface area contributed by atoms with Gasteiger partial charge in [0, 0.05) is 37.3 Å². The summed E-state index contributed by atoms with van der Waals surface area (Å²) < 4.78 is 0. The standard InChI is InChI=1S/2C9H18N2.4ClH/c2*1-2-9(7-10-8-9)11-5-3-4-6-11;;;;/h2*10H,2-8H2,1H3;4*1H. The molecule has 4 fully saturated rings. The first-order valence-electron chi connectivity index (χ1n) is 9.66. The van der Waals surface area contributed by atoms with Gasteiger partial charge >= 0.3 is 0 Å². The van der Waals surface area contributed by atoms with Gasteiger partial charge in [0.15, 0.2) is 0 Å². The second-order valence-electron chi connectivity index (χ2n) is 7.75. The van der Waals surface area contributed by atoms with Crippen LogP contribution in [0.25, 0.3) is 0 Å². The molecule has 4 saturated heterocycles. The zero-order chi connectivity index (χ0) is 15.5. The summed E-state index contributed by atoms with van der Waals surface area (Å²) in [5.74, 6) is 0. The molecule has 0 radical (unpaired) electrons. The number of nitrogens with zero attached hydrogens (tertiary/aromatic N) is 2. The van der Waals surface area contributed by atoms with Crippen molar-refractivity contribution in [3.63, 3.8) is 0 Å². The number of rotatable bonds is 4. The van der Waals surface area contributed by atoms with Crippen molar-refractivity contribution in [2.24, 2.45) is 0 Å². The van der Waals surface area contributed by atoms with Gasteiger partial charge in [0.1, 0.15) is 0 Å². The van der Waals surface area contributed by atoms with E-state index in [9.17, 15) is 0 Å². The maximum atomic E-state index is 3.39. The number of hydrogen-bond acceptors (Lipinski definition) is 4. The van der Waals surface area contributed by atoms with Gasteiger partial charge in [0.05, 0.1) is 0 Å². The summed E-state index contributed by atoms with van der Waals surface area (Å²) in [6.07, 6.45) is 8.31. The average molecular weight is 454 g/mol. The summed E-state index contributed by atoms with van der Waals surface area (Å²) in [6, 6.07) is 0. The van der Waals surface area contributed by atoms with Gasteiger partial charge in [-0.15, -0.1) is 49.6 Å². The van der Waals surface area contributed by atoms with Crippen molar-refractivity contribution >= 4 is 49.6 Å². The van der Waals surface area contributed by atoms with Crippen LogP contribution in [0.3, 0.4) is 0 Å². The molecule has 0 aromatic rings. The molecule has 4 aliphatic heterocycles. The van der Waals surface area contributed by atoms with Crippen LogP contribution in [0, 0.1) is 0 Å². The molecule has 0 atom stereocenters. The summed E-state index contributed by atoms with van der Waals surface area (Å²) in [7, 11) is 0. The summed E-state index contributed by atoms with van der Waals surface area (Å²) in [5.41, 5.74) is 1.13. The van der Waals surface area contributed by atoms with Gasteiger partial charge in [-0.05, 0) is 64.7 Å². The van der Waals surface area contributed by atoms with E-state index in [4.69, 9.17) is 0 Å². The molecule has 0 amide bonds. The largest absolute Gasteiger partial charge is 0.313 e. The van der Waals surface area contributed by atoms with Crippen molar-refractivity contribution in [1.29, 1.82) is 0 Å². The Morgan fingerprint density at radius 3 is 1.00 bits per heavy atom. The lowest BCUT2D eigenvalue weighted by Gasteiger charge is -2.49. The van der Waals surface area contributed by atoms with Crippen molar-refractivity contribution in [1.82, 2.24) is 20.4 Å². The molecule has 4 rings (SSSR count). The van der Waals surface area contributed by atoms with E-state index in [1.165, 1.54) is 90.9 Å². The lowest BCUT2D eigenvalue weighted by atomic mass is 9.87. The molecule has 4 nitrogen and oxygen atoms in total. The molecule has 0 aromatic heterocycles. The third-order valence-corrected chi connectivity index (χ3v) is 6.69. The lowest BCUT2D eigenvalue weighted by molar-refractivity contribution is 0.0554. The van der Waals surface area contributed by atoms with Crippen molar-refractivity contribution in [2.45, 2.75) is 63.5 Å². The molecule has 160 valence electrons. The SMILES string of the molecule is CCC1(N2CCCC2)CNC1.CCC1(N2CCCC2)CNC1.Cl.Cl.Cl.Cl. The summed E-state index contributed by atoms with van der Waals surface area (Å²) in [4.78, 5) is 5.37. The highest BCUT2D eigenvalue weighted by atomic mass is 35.5. The number of hydrogen-bond donors (Lipinski definition) is 2. The molecular formula is C18H40Cl4N4. The molecule has 26 heavy (non-hydrogen) atoms. The van der Waals surface area contributed by atoms with E-state index < -0.39 is 0 Å². The Balaban J connectivity index is 0. The van der Waals surface area contributed by atoms with Crippen LogP contribution in [0.4, 0.5) is 0 Å². The fraction of sp³-hybridized carbons (Fsp3) is 1.00. The van der Waals surface area contributed by atoms with Crippen LogP contribution in [0.15, 0.2) is 0 Å². The fourth-order valence-electron chi connectivity index (χ4n) is 4.60. The van der Waals surface area contributed by atoms with Gasteiger partial charge in [-0.2, -0.15) is 0 Å². The fourth-order valence-corrected chi connectivity index (χ4v) is 4.60. The highest BCUT2D eigenvalue weighted by molar-refractivity contribution is 5.86. The third-order valence-electron chi connectivity index (χ3n) is 6.69. The van der Waals surface area contributed by atoms with Crippen LogP contribution >= 0.6 is 49.6 Å². The summed E-state index contributed by atoms with van der Waals surface area (Å²) >= 11 is 0. The number of halogens is 4. The van der Waals surface area contributed by atoms with Crippen molar-refractivity contribution in [3.05, 3.63) is 0 Å². The van der Waals surface area contributed by atoms with E-state index in [-0.39, 0.29) is 49.6 Å². The van der Waals surface area contributed by atoms with E-state index in [2.05, 4.69) is 34.3 Å². The molecule has 0 saturated carbocycles. The normalized spacial score (nSPS) is 25.6. The van der Waals surface area contributed by atoms with Crippen LogP contribution in [-0.2, 0) is 0 Å². The van der Waals surface area contributed by atoms with Gasteiger partial charge in [-0.3, -0.25) is 9.80 Å². The summed E-state index contributed by atoms with van der Waals surface area (Å²) in [5, 5.41) is 6.78. The van der Waals surface area contributed by atoms with Gasteiger partial charge in [-0.25, -0.2) is 0 Å². The minimum absolute atomic E-state index is 0. The van der Waals surface area contributed by atoms with Gasteiger partial charge in [0.2, 0.25) is 0 Å². The Labute approximate surface area is 185 Å². The Hall–Kier alpha value is 1.00. The minimum atomic E-state index is 0. The zero-order valence-electron chi connectivity index (χ0n) is 16.4. The van der Waals surface area contributed by atoms with Gasteiger partial charge < -0.3 is 10.6 Å². The van der Waals surface area contributed by atoms with E-state index >= 15 is 0 Å². The molecule has 0 spiro atoms. The summed E-state index contributed by atoms with van der Waals surface area (Å²) in [6.45, 7) is 14.9. The maximum Gasteiger partial charge on any atom is 0.0455 e. The highest BCUT2D eigenvalue weighted by Crippen LogP contribution is 2.28. The number of likely N-dealkylation sites (tertiary alicyclic amines) is 2. The van der Waals surface area contributed by atoms with E-state index in [1.807, 2.05) is 0 Å². The quantitative estimate of drug-likeness (QED) is 0.683. The first-order chi connectivity index (χ1) is 10.7. The van der Waals surface area contributed by atoms with Crippen LogP contribution in [0.2, 0.25) is 0 Å². The molecule has 0 aromatic carbocycles. The Morgan fingerprint density at radius 2 is 0.846 bits per heavy atom. The maximum absolute atomic E-state index is 3.39. The monoisotopic (exact) mass is 452 g/mol. The first-order valence-corrected chi connectivity index (χ1v) is 9.66. The Bertz CT molecular complexity index is 308. The molecule has 4 heterocycles. The van der Waals surface area contributed by atoms with Crippen molar-refractivity contribution < 1.29 is 0 Å². The topological polar surface area (TPSA) is 30.5 Å².